The minimum atomic E-state index is -0.572. The summed E-state index contributed by atoms with van der Waals surface area (Å²) < 4.78 is 6.43. The molecule has 2 atom stereocenters. The average Bonchev–Trinajstić information content (AvgIpc) is 3.08. The number of hydrogen-bond acceptors (Lipinski definition) is 5. The molecule has 0 fully saturated rings. The van der Waals surface area contributed by atoms with E-state index in [1.54, 1.807) is 24.3 Å². The van der Waals surface area contributed by atoms with E-state index in [-0.39, 0.29) is 4.92 Å². The van der Waals surface area contributed by atoms with Gasteiger partial charge in [0.25, 0.3) is 0 Å². The summed E-state index contributed by atoms with van der Waals surface area (Å²) in [5.74, 6) is 5.47. The largest absolute Gasteiger partial charge is 0.446 e. The van der Waals surface area contributed by atoms with Gasteiger partial charge in [0.2, 0.25) is 6.04 Å². The van der Waals surface area contributed by atoms with Gasteiger partial charge in [-0.25, -0.2) is 4.79 Å². The number of nitro groups is 1. The fourth-order valence-electron chi connectivity index (χ4n) is 2.87. The average molecular weight is 381 g/mol. The Morgan fingerprint density at radius 1 is 1.44 bits per heavy atom. The number of benzene rings is 1. The third kappa shape index (κ3) is 5.28. The summed E-state index contributed by atoms with van der Waals surface area (Å²) in [7, 11) is 0. The first-order valence-corrected chi connectivity index (χ1v) is 9.54. The number of carbonyl (C=O) groups excluding carboxylic acids is 1. The smallest absolute Gasteiger partial charge is 0.331 e. The first-order valence-electron chi connectivity index (χ1n) is 8.72. The van der Waals surface area contributed by atoms with Crippen LogP contribution in [0.1, 0.15) is 31.1 Å². The number of hydrogen-bond donors (Lipinski definition) is 0. The van der Waals surface area contributed by atoms with Crippen molar-refractivity contribution in [2.75, 3.05) is 0 Å². The first kappa shape index (κ1) is 18.9. The zero-order valence-electron chi connectivity index (χ0n) is 14.9. The molecule has 138 valence electrons. The van der Waals surface area contributed by atoms with E-state index < -0.39 is 18.1 Å². The molecular formula is C21H19NO4S. The Hall–Kier alpha value is -2.91. The molecule has 1 aromatic carbocycles. The molecule has 5 nitrogen and oxygen atoms in total. The van der Waals surface area contributed by atoms with Crippen LogP contribution in [0, 0.1) is 22.0 Å². The molecule has 1 aliphatic carbocycles. The van der Waals surface area contributed by atoms with Gasteiger partial charge in [0.1, 0.15) is 0 Å². The molecule has 0 radical (unpaired) electrons. The Labute approximate surface area is 161 Å². The van der Waals surface area contributed by atoms with E-state index in [1.807, 2.05) is 36.4 Å². The highest BCUT2D eigenvalue weighted by atomic mass is 32.1. The first-order chi connectivity index (χ1) is 13.0. The van der Waals surface area contributed by atoms with Crippen LogP contribution in [-0.2, 0) is 9.53 Å². The molecule has 0 saturated carbocycles. The van der Waals surface area contributed by atoms with Gasteiger partial charge < -0.3 is 4.74 Å². The maximum atomic E-state index is 11.9. The van der Waals surface area contributed by atoms with Crippen molar-refractivity contribution in [1.29, 1.82) is 0 Å². The lowest BCUT2D eigenvalue weighted by Crippen LogP contribution is -2.22. The maximum absolute atomic E-state index is 11.9. The third-order valence-corrected chi connectivity index (χ3v) is 5.26. The highest BCUT2D eigenvalue weighted by Gasteiger charge is 2.23. The molecule has 0 amide bonds. The van der Waals surface area contributed by atoms with Gasteiger partial charge in [-0.1, -0.05) is 42.2 Å². The number of ether oxygens (including phenoxy) is 1. The lowest BCUT2D eigenvalue weighted by Gasteiger charge is -2.14. The summed E-state index contributed by atoms with van der Waals surface area (Å²) in [5, 5.41) is 12.0. The summed E-state index contributed by atoms with van der Waals surface area (Å²) in [4.78, 5) is 23.5. The molecule has 27 heavy (non-hydrogen) atoms. The van der Waals surface area contributed by atoms with Crippen molar-refractivity contribution in [3.8, 4) is 11.8 Å². The van der Waals surface area contributed by atoms with E-state index in [9.17, 15) is 14.9 Å². The quantitative estimate of drug-likeness (QED) is 0.257. The Morgan fingerprint density at radius 3 is 3.04 bits per heavy atom. The lowest BCUT2D eigenvalue weighted by atomic mass is 9.95. The second-order valence-corrected chi connectivity index (χ2v) is 7.41. The molecule has 0 aliphatic heterocycles. The van der Waals surface area contributed by atoms with Gasteiger partial charge in [-0.2, -0.15) is 0 Å². The molecule has 0 spiro atoms. The number of thiophene rings is 1. The predicted molar refractivity (Wildman–Crippen MR) is 106 cm³/mol. The third-order valence-electron chi connectivity index (χ3n) is 4.23. The summed E-state index contributed by atoms with van der Waals surface area (Å²) in [6.07, 6.45) is 5.83. The monoisotopic (exact) mass is 381 g/mol. The minimum Gasteiger partial charge on any atom is -0.446 e. The van der Waals surface area contributed by atoms with Gasteiger partial charge in [-0.05, 0) is 36.4 Å². The van der Waals surface area contributed by atoms with Crippen LogP contribution in [0.25, 0.3) is 10.1 Å². The van der Waals surface area contributed by atoms with E-state index in [2.05, 4.69) is 11.8 Å². The van der Waals surface area contributed by atoms with Crippen molar-refractivity contribution in [1.82, 2.24) is 0 Å². The van der Waals surface area contributed by atoms with Crippen LogP contribution in [-0.4, -0.2) is 23.0 Å². The highest BCUT2D eigenvalue weighted by molar-refractivity contribution is 7.19. The predicted octanol–water partition coefficient (Wildman–Crippen LogP) is 4.50. The molecular weight excluding hydrogens is 362 g/mol. The number of esters is 1. The Morgan fingerprint density at radius 2 is 2.26 bits per heavy atom. The zero-order valence-corrected chi connectivity index (χ0v) is 15.7. The van der Waals surface area contributed by atoms with Crippen molar-refractivity contribution in [3.05, 3.63) is 69.1 Å². The van der Waals surface area contributed by atoms with Gasteiger partial charge in [0.05, 0.1) is 4.88 Å². The fourth-order valence-corrected chi connectivity index (χ4v) is 3.79. The second kappa shape index (κ2) is 8.65. The molecule has 6 heteroatoms. The van der Waals surface area contributed by atoms with Crippen LogP contribution in [0.15, 0.2) is 54.1 Å². The highest BCUT2D eigenvalue weighted by Crippen LogP contribution is 2.24. The SMILES string of the molecule is C[C@H](C#Cc1cc2ccccc2s1)OC(=O)/C=C/C1=CCCC([N+](=O)[O-])C1. The van der Waals surface area contributed by atoms with Crippen molar-refractivity contribution in [2.24, 2.45) is 0 Å². The van der Waals surface area contributed by atoms with Gasteiger partial charge in [-0.3, -0.25) is 10.1 Å². The topological polar surface area (TPSA) is 69.4 Å². The molecule has 0 N–H and O–H groups in total. The second-order valence-electron chi connectivity index (χ2n) is 6.33. The molecule has 0 bridgehead atoms. The van der Waals surface area contributed by atoms with Crippen molar-refractivity contribution < 1.29 is 14.5 Å². The number of rotatable bonds is 4. The summed E-state index contributed by atoms with van der Waals surface area (Å²) in [6.45, 7) is 1.72. The number of fused-ring (bicyclic) bond motifs is 1. The van der Waals surface area contributed by atoms with E-state index in [0.29, 0.717) is 19.3 Å². The molecule has 1 unspecified atom stereocenters. The van der Waals surface area contributed by atoms with Gasteiger partial charge in [-0.15, -0.1) is 11.3 Å². The van der Waals surface area contributed by atoms with Crippen LogP contribution in [0.2, 0.25) is 0 Å². The van der Waals surface area contributed by atoms with Crippen LogP contribution < -0.4 is 0 Å². The van der Waals surface area contributed by atoms with E-state index in [4.69, 9.17) is 4.74 Å². The van der Waals surface area contributed by atoms with Crippen molar-refractivity contribution >= 4 is 27.4 Å². The number of allylic oxidation sites excluding steroid dienone is 2. The zero-order chi connectivity index (χ0) is 19.2. The van der Waals surface area contributed by atoms with Crippen molar-refractivity contribution in [2.45, 2.75) is 38.3 Å². The van der Waals surface area contributed by atoms with Crippen LogP contribution in [0.5, 0.6) is 0 Å². The molecule has 2 aromatic rings. The molecule has 0 saturated heterocycles. The molecule has 1 aliphatic rings. The summed E-state index contributed by atoms with van der Waals surface area (Å²) >= 11 is 1.60. The molecule has 1 heterocycles. The van der Waals surface area contributed by atoms with E-state index in [0.717, 1.165) is 15.8 Å². The van der Waals surface area contributed by atoms with Gasteiger partial charge in [0.15, 0.2) is 6.10 Å². The van der Waals surface area contributed by atoms with E-state index >= 15 is 0 Å². The number of nitrogens with zero attached hydrogens (tertiary/aromatic N) is 1. The Balaban J connectivity index is 1.55. The van der Waals surface area contributed by atoms with Crippen LogP contribution in [0.3, 0.4) is 0 Å². The fraction of sp³-hybridized carbons (Fsp3) is 0.286. The molecule has 1 aromatic heterocycles. The maximum Gasteiger partial charge on any atom is 0.331 e. The Bertz CT molecular complexity index is 944. The van der Waals surface area contributed by atoms with E-state index in [1.165, 1.54) is 10.8 Å². The Kier molecular flexibility index (Phi) is 6.05. The summed E-state index contributed by atoms with van der Waals surface area (Å²) in [6, 6.07) is 9.50. The standard InChI is InChI=1S/C21H19NO4S/c1-15(9-11-19-14-17-6-2-3-8-20(17)27-19)26-21(23)12-10-16-5-4-7-18(13-16)22(24)25/h2-3,5-6,8,10,12,14-15,18H,4,7,13H2,1H3/b12-10+/t15-,18?/m1/s1. The summed E-state index contributed by atoms with van der Waals surface area (Å²) in [5.41, 5.74) is 0.795. The van der Waals surface area contributed by atoms with Crippen LogP contribution >= 0.6 is 11.3 Å². The minimum absolute atomic E-state index is 0.259. The van der Waals surface area contributed by atoms with Gasteiger partial charge in [0, 0.05) is 28.5 Å². The molecule has 3 rings (SSSR count). The number of carbonyl (C=O) groups is 1. The van der Waals surface area contributed by atoms with Crippen LogP contribution in [0.4, 0.5) is 0 Å². The van der Waals surface area contributed by atoms with Gasteiger partial charge >= 0.3 is 5.97 Å². The normalized spacial score (nSPS) is 17.8. The van der Waals surface area contributed by atoms with Crippen molar-refractivity contribution in [3.63, 3.8) is 0 Å². The lowest BCUT2D eigenvalue weighted by molar-refractivity contribution is -0.523.